The first-order chi connectivity index (χ1) is 10.1. The summed E-state index contributed by atoms with van der Waals surface area (Å²) in [5.74, 6) is -0.123. The Balaban J connectivity index is 2.10. The van der Waals surface area contributed by atoms with Crippen LogP contribution in [0.3, 0.4) is 0 Å². The SMILES string of the molecule is CC(=O)n1cc(C(=O)N2CCCCC2)c2cc(Cl)ccc21. The molecule has 1 aromatic carbocycles. The minimum absolute atomic E-state index is 0.0121. The maximum Gasteiger partial charge on any atom is 0.256 e. The van der Waals surface area contributed by atoms with Crippen molar-refractivity contribution in [2.45, 2.75) is 26.2 Å². The number of likely N-dealkylation sites (tertiary alicyclic amines) is 1. The number of carbonyl (C=O) groups excluding carboxylic acids is 2. The van der Waals surface area contributed by atoms with E-state index in [1.807, 2.05) is 4.90 Å². The molecule has 0 saturated carbocycles. The van der Waals surface area contributed by atoms with Crippen LogP contribution in [0.1, 0.15) is 41.3 Å². The van der Waals surface area contributed by atoms with Gasteiger partial charge >= 0.3 is 0 Å². The Morgan fingerprint density at radius 1 is 1.14 bits per heavy atom. The topological polar surface area (TPSA) is 42.3 Å². The molecule has 0 spiro atoms. The summed E-state index contributed by atoms with van der Waals surface area (Å²) in [6, 6.07) is 5.28. The predicted molar refractivity (Wildman–Crippen MR) is 83.0 cm³/mol. The zero-order valence-corrected chi connectivity index (χ0v) is 12.7. The van der Waals surface area contributed by atoms with Crippen molar-refractivity contribution in [3.8, 4) is 0 Å². The Labute approximate surface area is 128 Å². The Bertz CT molecular complexity index is 714. The third-order valence-electron chi connectivity index (χ3n) is 3.98. The third kappa shape index (κ3) is 2.56. The van der Waals surface area contributed by atoms with Crippen molar-refractivity contribution < 1.29 is 9.59 Å². The van der Waals surface area contributed by atoms with Crippen LogP contribution < -0.4 is 0 Å². The van der Waals surface area contributed by atoms with E-state index < -0.39 is 0 Å². The number of aromatic nitrogens is 1. The molecule has 4 nitrogen and oxygen atoms in total. The molecule has 1 saturated heterocycles. The average molecular weight is 305 g/mol. The number of fused-ring (bicyclic) bond motifs is 1. The number of hydrogen-bond acceptors (Lipinski definition) is 2. The van der Waals surface area contributed by atoms with Gasteiger partial charge in [0.05, 0.1) is 11.1 Å². The lowest BCUT2D eigenvalue weighted by Crippen LogP contribution is -2.35. The molecule has 0 bridgehead atoms. The molecular weight excluding hydrogens is 288 g/mol. The normalized spacial score (nSPS) is 15.4. The molecule has 0 radical (unpaired) electrons. The molecule has 1 fully saturated rings. The number of rotatable bonds is 1. The van der Waals surface area contributed by atoms with E-state index in [4.69, 9.17) is 11.6 Å². The second-order valence-electron chi connectivity index (χ2n) is 5.45. The summed E-state index contributed by atoms with van der Waals surface area (Å²) in [5.41, 5.74) is 1.29. The van der Waals surface area contributed by atoms with E-state index >= 15 is 0 Å². The molecule has 0 aliphatic carbocycles. The first kappa shape index (κ1) is 14.1. The smallest absolute Gasteiger partial charge is 0.256 e. The van der Waals surface area contributed by atoms with Gasteiger partial charge < -0.3 is 4.90 Å². The number of carbonyl (C=O) groups is 2. The lowest BCUT2D eigenvalue weighted by Gasteiger charge is -2.26. The van der Waals surface area contributed by atoms with Crippen LogP contribution in [0.2, 0.25) is 5.02 Å². The van der Waals surface area contributed by atoms with Gasteiger partial charge in [0.1, 0.15) is 0 Å². The molecule has 1 aromatic heterocycles. The summed E-state index contributed by atoms with van der Waals surface area (Å²) in [6.07, 6.45) is 4.89. The molecule has 0 atom stereocenters. The fourth-order valence-electron chi connectivity index (χ4n) is 2.90. The molecular formula is C16H17ClN2O2. The first-order valence-corrected chi connectivity index (χ1v) is 7.56. The molecule has 5 heteroatoms. The molecule has 2 heterocycles. The highest BCUT2D eigenvalue weighted by atomic mass is 35.5. The molecule has 110 valence electrons. The Morgan fingerprint density at radius 3 is 2.52 bits per heavy atom. The maximum atomic E-state index is 12.7. The largest absolute Gasteiger partial charge is 0.339 e. The number of amides is 1. The summed E-state index contributed by atoms with van der Waals surface area (Å²) in [5, 5.41) is 1.31. The Morgan fingerprint density at radius 2 is 1.86 bits per heavy atom. The van der Waals surface area contributed by atoms with Gasteiger partial charge in [-0.2, -0.15) is 0 Å². The van der Waals surface area contributed by atoms with Crippen molar-refractivity contribution in [1.82, 2.24) is 9.47 Å². The van der Waals surface area contributed by atoms with Crippen LogP contribution in [-0.2, 0) is 0 Å². The summed E-state index contributed by atoms with van der Waals surface area (Å²) >= 11 is 6.05. The molecule has 1 amide bonds. The fraction of sp³-hybridized carbons (Fsp3) is 0.375. The minimum Gasteiger partial charge on any atom is -0.339 e. The van der Waals surface area contributed by atoms with Crippen molar-refractivity contribution in [2.24, 2.45) is 0 Å². The van der Waals surface area contributed by atoms with Gasteiger partial charge in [-0.3, -0.25) is 14.2 Å². The van der Waals surface area contributed by atoms with Gasteiger partial charge in [-0.05, 0) is 37.5 Å². The average Bonchev–Trinajstić information content (AvgIpc) is 2.86. The molecule has 0 N–H and O–H groups in total. The lowest BCUT2D eigenvalue weighted by atomic mass is 10.1. The van der Waals surface area contributed by atoms with Crippen molar-refractivity contribution in [3.63, 3.8) is 0 Å². The molecule has 0 unspecified atom stereocenters. The fourth-order valence-corrected chi connectivity index (χ4v) is 3.07. The summed E-state index contributed by atoms with van der Waals surface area (Å²) in [6.45, 7) is 3.06. The van der Waals surface area contributed by atoms with E-state index in [-0.39, 0.29) is 11.8 Å². The van der Waals surface area contributed by atoms with E-state index in [2.05, 4.69) is 0 Å². The summed E-state index contributed by atoms with van der Waals surface area (Å²) in [7, 11) is 0. The maximum absolute atomic E-state index is 12.7. The monoisotopic (exact) mass is 304 g/mol. The molecule has 1 aliphatic rings. The van der Waals surface area contributed by atoms with Crippen molar-refractivity contribution in [3.05, 3.63) is 35.0 Å². The number of benzene rings is 1. The van der Waals surface area contributed by atoms with Gasteiger partial charge in [0.15, 0.2) is 0 Å². The van der Waals surface area contributed by atoms with E-state index in [0.29, 0.717) is 10.6 Å². The van der Waals surface area contributed by atoms with Gasteiger partial charge in [0.2, 0.25) is 5.91 Å². The van der Waals surface area contributed by atoms with E-state index in [0.717, 1.165) is 36.8 Å². The van der Waals surface area contributed by atoms with Gasteiger partial charge in [-0.1, -0.05) is 11.6 Å². The van der Waals surface area contributed by atoms with E-state index in [1.165, 1.54) is 17.9 Å². The second kappa shape index (κ2) is 5.53. The van der Waals surface area contributed by atoms with Crippen LogP contribution >= 0.6 is 11.6 Å². The number of nitrogens with zero attached hydrogens (tertiary/aromatic N) is 2. The summed E-state index contributed by atoms with van der Waals surface area (Å²) in [4.78, 5) is 26.3. The standard InChI is InChI=1S/C16H17ClN2O2/c1-11(20)19-10-14(13-9-12(17)5-6-15(13)19)16(21)18-7-3-2-4-8-18/h5-6,9-10H,2-4,7-8H2,1H3. The van der Waals surface area contributed by atoms with E-state index in [1.54, 1.807) is 24.4 Å². The first-order valence-electron chi connectivity index (χ1n) is 7.19. The van der Waals surface area contributed by atoms with Crippen LogP contribution in [0.5, 0.6) is 0 Å². The lowest BCUT2D eigenvalue weighted by molar-refractivity contribution is 0.0726. The number of halogens is 1. The van der Waals surface area contributed by atoms with Crippen LogP contribution in [-0.4, -0.2) is 34.4 Å². The molecule has 1 aliphatic heterocycles. The van der Waals surface area contributed by atoms with Crippen LogP contribution in [0, 0.1) is 0 Å². The third-order valence-corrected chi connectivity index (χ3v) is 4.21. The van der Waals surface area contributed by atoms with Gasteiger partial charge in [-0.25, -0.2) is 0 Å². The van der Waals surface area contributed by atoms with Crippen molar-refractivity contribution in [2.75, 3.05) is 13.1 Å². The minimum atomic E-state index is -0.111. The Hall–Kier alpha value is -1.81. The van der Waals surface area contributed by atoms with E-state index in [9.17, 15) is 9.59 Å². The van der Waals surface area contributed by atoms with Crippen molar-refractivity contribution >= 4 is 34.3 Å². The zero-order chi connectivity index (χ0) is 15.0. The van der Waals surface area contributed by atoms with Gasteiger partial charge in [-0.15, -0.1) is 0 Å². The quantitative estimate of drug-likeness (QED) is 0.808. The highest BCUT2D eigenvalue weighted by Gasteiger charge is 2.23. The molecule has 3 rings (SSSR count). The van der Waals surface area contributed by atoms with Gasteiger partial charge in [0.25, 0.3) is 5.91 Å². The van der Waals surface area contributed by atoms with Gasteiger partial charge in [0, 0.05) is 36.6 Å². The number of piperidine rings is 1. The Kier molecular flexibility index (Phi) is 3.72. The molecule has 2 aromatic rings. The highest BCUT2D eigenvalue weighted by molar-refractivity contribution is 6.31. The zero-order valence-electron chi connectivity index (χ0n) is 11.9. The summed E-state index contributed by atoms with van der Waals surface area (Å²) < 4.78 is 1.52. The van der Waals surface area contributed by atoms with Crippen molar-refractivity contribution in [1.29, 1.82) is 0 Å². The van der Waals surface area contributed by atoms with Crippen LogP contribution in [0.25, 0.3) is 10.9 Å². The molecule has 21 heavy (non-hydrogen) atoms. The number of hydrogen-bond donors (Lipinski definition) is 0. The predicted octanol–water partition coefficient (Wildman–Crippen LogP) is 3.58. The van der Waals surface area contributed by atoms with Crippen LogP contribution in [0.4, 0.5) is 0 Å². The second-order valence-corrected chi connectivity index (χ2v) is 5.88. The van der Waals surface area contributed by atoms with Crippen LogP contribution in [0.15, 0.2) is 24.4 Å². The highest BCUT2D eigenvalue weighted by Crippen LogP contribution is 2.27.